The Bertz CT molecular complexity index is 1260. The summed E-state index contributed by atoms with van der Waals surface area (Å²) >= 11 is 0. The lowest BCUT2D eigenvalue weighted by atomic mass is 9.85. The van der Waals surface area contributed by atoms with E-state index >= 15 is 0 Å². The van der Waals surface area contributed by atoms with E-state index in [1.54, 1.807) is 12.2 Å². The number of phosphoric acid groups is 1. The topological polar surface area (TPSA) is 227 Å². The third kappa shape index (κ3) is 27.6. The van der Waals surface area contributed by atoms with Gasteiger partial charge in [-0.3, -0.25) is 23.4 Å². The summed E-state index contributed by atoms with van der Waals surface area (Å²) in [7, 11) is -5.14. The van der Waals surface area contributed by atoms with E-state index in [1.165, 1.54) is 38.5 Å². The molecule has 0 amide bonds. The van der Waals surface area contributed by atoms with Gasteiger partial charge in [-0.25, -0.2) is 4.57 Å². The molecule has 1 saturated carbocycles. The molecule has 0 bridgehead atoms. The van der Waals surface area contributed by atoms with E-state index in [2.05, 4.69) is 26.0 Å². The molecule has 0 spiro atoms. The molecule has 1 rings (SSSR count). The van der Waals surface area contributed by atoms with Crippen molar-refractivity contribution in [1.29, 1.82) is 0 Å². The van der Waals surface area contributed by atoms with Gasteiger partial charge in [0.25, 0.3) is 0 Å². The summed E-state index contributed by atoms with van der Waals surface area (Å²) < 4.78 is 33.4. The van der Waals surface area contributed by atoms with Crippen LogP contribution in [0.1, 0.15) is 174 Å². The molecule has 15 heteroatoms. The van der Waals surface area contributed by atoms with Crippen molar-refractivity contribution in [2.45, 2.75) is 217 Å². The number of ketones is 1. The summed E-state index contributed by atoms with van der Waals surface area (Å²) in [6.45, 7) is 3.09. The third-order valence-electron chi connectivity index (χ3n) is 10.4. The van der Waals surface area contributed by atoms with Crippen LogP contribution >= 0.6 is 7.82 Å². The van der Waals surface area contributed by atoms with E-state index in [9.17, 15) is 49.4 Å². The largest absolute Gasteiger partial charge is 0.472 e. The minimum Gasteiger partial charge on any atom is -0.462 e. The predicted molar refractivity (Wildman–Crippen MR) is 231 cm³/mol. The molecular formula is C45H79O14P. The molecule has 0 aliphatic heterocycles. The Morgan fingerprint density at radius 1 is 0.550 bits per heavy atom. The van der Waals surface area contributed by atoms with Gasteiger partial charge in [0.1, 0.15) is 43.2 Å². The fourth-order valence-electron chi connectivity index (χ4n) is 6.67. The van der Waals surface area contributed by atoms with Crippen LogP contribution in [0.5, 0.6) is 0 Å². The smallest absolute Gasteiger partial charge is 0.462 e. The number of hydrogen-bond acceptors (Lipinski definition) is 13. The molecule has 60 heavy (non-hydrogen) atoms. The Kier molecular flexibility index (Phi) is 32.7. The third-order valence-corrected chi connectivity index (χ3v) is 11.4. The fourth-order valence-corrected chi connectivity index (χ4v) is 7.65. The second-order valence-corrected chi connectivity index (χ2v) is 17.3. The highest BCUT2D eigenvalue weighted by molar-refractivity contribution is 7.47. The van der Waals surface area contributed by atoms with Gasteiger partial charge in [0.2, 0.25) is 0 Å². The highest BCUT2D eigenvalue weighted by Gasteiger charge is 2.51. The van der Waals surface area contributed by atoms with Crippen molar-refractivity contribution in [3.63, 3.8) is 0 Å². The van der Waals surface area contributed by atoms with Crippen molar-refractivity contribution in [2.24, 2.45) is 0 Å². The van der Waals surface area contributed by atoms with Gasteiger partial charge in [0, 0.05) is 19.3 Å². The normalized spacial score (nSPS) is 22.4. The lowest BCUT2D eigenvalue weighted by Crippen LogP contribution is -2.64. The molecule has 6 N–H and O–H groups in total. The molecule has 3 unspecified atom stereocenters. The first-order valence-corrected chi connectivity index (χ1v) is 24.2. The summed E-state index contributed by atoms with van der Waals surface area (Å²) in [6, 6.07) is 0. The van der Waals surface area contributed by atoms with Gasteiger partial charge in [0.15, 0.2) is 11.9 Å². The number of carbonyl (C=O) groups excluding carboxylic acids is 3. The Morgan fingerprint density at radius 3 is 1.57 bits per heavy atom. The van der Waals surface area contributed by atoms with Crippen molar-refractivity contribution < 1.29 is 67.9 Å². The Morgan fingerprint density at radius 2 is 1.00 bits per heavy atom. The summed E-state index contributed by atoms with van der Waals surface area (Å²) in [4.78, 5) is 47.4. The highest BCUT2D eigenvalue weighted by atomic mass is 31.2. The molecule has 0 radical (unpaired) electrons. The van der Waals surface area contributed by atoms with Crippen LogP contribution in [0.25, 0.3) is 0 Å². The molecule has 14 nitrogen and oxygen atoms in total. The van der Waals surface area contributed by atoms with E-state index in [4.69, 9.17) is 18.5 Å². The second kappa shape index (κ2) is 35.2. The van der Waals surface area contributed by atoms with Gasteiger partial charge in [0.05, 0.1) is 6.61 Å². The van der Waals surface area contributed by atoms with Crippen LogP contribution in [0.3, 0.4) is 0 Å². The summed E-state index contributed by atoms with van der Waals surface area (Å²) in [5, 5.41) is 50.1. The van der Waals surface area contributed by atoms with Gasteiger partial charge < -0.3 is 39.9 Å². The van der Waals surface area contributed by atoms with E-state index in [0.29, 0.717) is 19.3 Å². The number of hydrogen-bond donors (Lipinski definition) is 6. The van der Waals surface area contributed by atoms with Crippen LogP contribution in [0.2, 0.25) is 0 Å². The summed E-state index contributed by atoms with van der Waals surface area (Å²) in [5.41, 5.74) is 0. The molecule has 8 atom stereocenters. The average Bonchev–Trinajstić information content (AvgIpc) is 3.22. The zero-order chi connectivity index (χ0) is 44.4. The molecule has 0 aromatic carbocycles. The van der Waals surface area contributed by atoms with Gasteiger partial charge in [-0.05, 0) is 63.9 Å². The van der Waals surface area contributed by atoms with Gasteiger partial charge in [-0.15, -0.1) is 0 Å². The number of phosphoric ester groups is 1. The van der Waals surface area contributed by atoms with E-state index in [-0.39, 0.29) is 18.6 Å². The Labute approximate surface area is 359 Å². The monoisotopic (exact) mass is 875 g/mol. The van der Waals surface area contributed by atoms with Crippen molar-refractivity contribution in [3.8, 4) is 0 Å². The first kappa shape index (κ1) is 55.8. The lowest BCUT2D eigenvalue weighted by Gasteiger charge is -2.41. The quantitative estimate of drug-likeness (QED) is 0.00875. The number of aliphatic hydroxyl groups excluding tert-OH is 5. The predicted octanol–water partition coefficient (Wildman–Crippen LogP) is 7.79. The maximum Gasteiger partial charge on any atom is 0.472 e. The molecular weight excluding hydrogens is 795 g/mol. The van der Waals surface area contributed by atoms with Crippen molar-refractivity contribution in [3.05, 3.63) is 36.5 Å². The van der Waals surface area contributed by atoms with E-state index in [0.717, 1.165) is 89.9 Å². The first-order valence-electron chi connectivity index (χ1n) is 22.7. The average molecular weight is 875 g/mol. The van der Waals surface area contributed by atoms with Crippen molar-refractivity contribution in [2.75, 3.05) is 13.2 Å². The molecule has 1 aliphatic rings. The lowest BCUT2D eigenvalue weighted by molar-refractivity contribution is -0.220. The van der Waals surface area contributed by atoms with Gasteiger partial charge in [-0.2, -0.15) is 0 Å². The second-order valence-electron chi connectivity index (χ2n) is 15.9. The number of aliphatic hydroxyl groups is 5. The summed E-state index contributed by atoms with van der Waals surface area (Å²) in [5.74, 6) is -1.03. The molecule has 1 fully saturated rings. The highest BCUT2D eigenvalue weighted by Crippen LogP contribution is 2.47. The van der Waals surface area contributed by atoms with E-state index < -0.39 is 75.7 Å². The Hall–Kier alpha value is -2.26. The number of rotatable bonds is 37. The molecule has 0 aromatic heterocycles. The Balaban J connectivity index is 2.50. The summed E-state index contributed by atoms with van der Waals surface area (Å²) in [6.07, 6.45) is 21.8. The van der Waals surface area contributed by atoms with E-state index in [1.807, 2.05) is 12.2 Å². The molecule has 0 saturated heterocycles. The molecule has 1 aliphatic carbocycles. The number of unbranched alkanes of at least 4 members (excludes halogenated alkanes) is 18. The van der Waals surface area contributed by atoms with Crippen molar-refractivity contribution >= 4 is 25.5 Å². The fraction of sp³-hybridized carbons (Fsp3) is 0.800. The van der Waals surface area contributed by atoms with Crippen LogP contribution in [0.4, 0.5) is 0 Å². The number of allylic oxidation sites excluding steroid dienone is 6. The molecule has 0 heterocycles. The van der Waals surface area contributed by atoms with Crippen LogP contribution in [0.15, 0.2) is 36.5 Å². The van der Waals surface area contributed by atoms with Crippen LogP contribution < -0.4 is 0 Å². The number of ether oxygens (including phenoxy) is 2. The van der Waals surface area contributed by atoms with Crippen LogP contribution in [-0.2, 0) is 37.5 Å². The maximum atomic E-state index is 12.8. The number of carbonyl (C=O) groups is 3. The molecule has 0 aromatic rings. The minimum atomic E-state index is -5.14. The zero-order valence-electron chi connectivity index (χ0n) is 36.5. The zero-order valence-corrected chi connectivity index (χ0v) is 37.4. The maximum absolute atomic E-state index is 12.8. The van der Waals surface area contributed by atoms with Gasteiger partial charge >= 0.3 is 19.8 Å². The van der Waals surface area contributed by atoms with Crippen molar-refractivity contribution in [1.82, 2.24) is 0 Å². The first-order chi connectivity index (χ1) is 28.8. The number of esters is 2. The van der Waals surface area contributed by atoms with Gasteiger partial charge in [-0.1, -0.05) is 128 Å². The van der Waals surface area contributed by atoms with Crippen LogP contribution in [-0.4, -0.2) is 104 Å². The minimum absolute atomic E-state index is 0.0447. The standard InChI is InChI=1S/C45H79O14P/c1-3-5-7-8-9-10-11-12-13-14-15-18-21-24-28-32-38(47)56-34-37(35-57-60(54,55)59-45-43(52)41(50)40(49)42(51)44(45)53)58-39(48)33-29-25-22-19-16-17-20-23-27-31-36(46)30-26-6-4-2/h10-11,20,23,27,31,37,40-45,49-53H,3-9,12-19,21-22,24-26,28-30,32-35H2,1-2H3,(H,54,55)/b11-10-,23-20-,31-27+/t37-,40?,41-,42+,43-,44-,45?/m1/s1. The van der Waals surface area contributed by atoms with Crippen LogP contribution in [0, 0.1) is 0 Å². The molecule has 348 valence electrons. The SMILES string of the molecule is CCCCCC/C=C\CCCCCCCCCC(=O)OC[C@H](COP(=O)(O)OC1[C@H](O)[C@H](O)C(O)[C@H](O)[C@H]1O)OC(=O)CCCCCCC/C=C\C=C\C(=O)CCCCC.